The van der Waals surface area contributed by atoms with Crippen molar-refractivity contribution in [2.45, 2.75) is 38.8 Å². The molecule has 0 spiro atoms. The van der Waals surface area contributed by atoms with Crippen LogP contribution in [0, 0.1) is 0 Å². The van der Waals surface area contributed by atoms with E-state index in [1.165, 1.54) is 0 Å². The molecule has 0 bridgehead atoms. The lowest BCUT2D eigenvalue weighted by atomic mass is 10.2. The number of amides is 1. The van der Waals surface area contributed by atoms with Crippen LogP contribution in [0.4, 0.5) is 13.2 Å². The number of nitrogens with two attached hydrogens (primary N) is 1. The quantitative estimate of drug-likeness (QED) is 0.691. The van der Waals surface area contributed by atoms with E-state index in [1.807, 2.05) is 0 Å². The zero-order valence-corrected chi connectivity index (χ0v) is 9.52. The Morgan fingerprint density at radius 3 is 2.31 bits per heavy atom. The molecule has 0 aromatic rings. The minimum absolute atomic E-state index is 0.0925. The van der Waals surface area contributed by atoms with Gasteiger partial charge in [-0.3, -0.25) is 4.79 Å². The third-order valence-corrected chi connectivity index (χ3v) is 2.20. The molecule has 2 N–H and O–H groups in total. The molecule has 0 heterocycles. The van der Waals surface area contributed by atoms with E-state index in [0.29, 0.717) is 13.0 Å². The predicted molar refractivity (Wildman–Crippen MR) is 55.8 cm³/mol. The molecule has 0 aromatic carbocycles. The van der Waals surface area contributed by atoms with Crippen LogP contribution in [0.5, 0.6) is 0 Å². The number of carbonyl (C=O) groups excluding carboxylic acids is 1. The van der Waals surface area contributed by atoms with E-state index < -0.39 is 18.6 Å². The summed E-state index contributed by atoms with van der Waals surface area (Å²) >= 11 is 0. The SMILES string of the molecule is CCN(CC(F)(F)F)C(=O)CCCCCN. The Hall–Kier alpha value is -0.780. The molecule has 3 nitrogen and oxygen atoms in total. The van der Waals surface area contributed by atoms with Gasteiger partial charge in [0, 0.05) is 13.0 Å². The van der Waals surface area contributed by atoms with Gasteiger partial charge in [-0.15, -0.1) is 0 Å². The zero-order chi connectivity index (χ0) is 12.6. The van der Waals surface area contributed by atoms with Crippen LogP contribution in [0.2, 0.25) is 0 Å². The van der Waals surface area contributed by atoms with Crippen LogP contribution in [-0.2, 0) is 4.79 Å². The highest BCUT2D eigenvalue weighted by atomic mass is 19.4. The minimum Gasteiger partial charge on any atom is -0.334 e. The molecular formula is C10H19F3N2O. The first-order chi connectivity index (χ1) is 7.40. The number of rotatable bonds is 7. The molecular weight excluding hydrogens is 221 g/mol. The van der Waals surface area contributed by atoms with Crippen LogP contribution in [0.25, 0.3) is 0 Å². The third kappa shape index (κ3) is 7.50. The lowest BCUT2D eigenvalue weighted by molar-refractivity contribution is -0.160. The molecule has 0 radical (unpaired) electrons. The van der Waals surface area contributed by atoms with Gasteiger partial charge < -0.3 is 10.6 Å². The zero-order valence-electron chi connectivity index (χ0n) is 9.52. The fraction of sp³-hybridized carbons (Fsp3) is 0.900. The molecule has 0 saturated carbocycles. The van der Waals surface area contributed by atoms with E-state index in [-0.39, 0.29) is 13.0 Å². The fourth-order valence-electron chi connectivity index (χ4n) is 1.35. The molecule has 96 valence electrons. The monoisotopic (exact) mass is 240 g/mol. The van der Waals surface area contributed by atoms with Crippen LogP contribution in [0.1, 0.15) is 32.6 Å². The maximum Gasteiger partial charge on any atom is 0.406 e. The summed E-state index contributed by atoms with van der Waals surface area (Å²) in [6, 6.07) is 0. The topological polar surface area (TPSA) is 46.3 Å². The average molecular weight is 240 g/mol. The second-order valence-corrected chi connectivity index (χ2v) is 3.62. The van der Waals surface area contributed by atoms with Crippen molar-refractivity contribution in [2.75, 3.05) is 19.6 Å². The summed E-state index contributed by atoms with van der Waals surface area (Å²) in [6.45, 7) is 1.03. The molecule has 0 unspecified atom stereocenters. The van der Waals surface area contributed by atoms with E-state index in [4.69, 9.17) is 5.73 Å². The van der Waals surface area contributed by atoms with Crippen molar-refractivity contribution < 1.29 is 18.0 Å². The molecule has 16 heavy (non-hydrogen) atoms. The van der Waals surface area contributed by atoms with E-state index in [2.05, 4.69) is 0 Å². The highest BCUT2D eigenvalue weighted by Gasteiger charge is 2.31. The second kappa shape index (κ2) is 7.49. The molecule has 0 aliphatic carbocycles. The summed E-state index contributed by atoms with van der Waals surface area (Å²) in [5.41, 5.74) is 5.27. The summed E-state index contributed by atoms with van der Waals surface area (Å²) in [4.78, 5) is 12.2. The summed E-state index contributed by atoms with van der Waals surface area (Å²) < 4.78 is 36.3. The molecule has 1 amide bonds. The van der Waals surface area contributed by atoms with Gasteiger partial charge in [0.15, 0.2) is 0 Å². The van der Waals surface area contributed by atoms with Crippen molar-refractivity contribution in [3.8, 4) is 0 Å². The average Bonchev–Trinajstić information content (AvgIpc) is 2.19. The second-order valence-electron chi connectivity index (χ2n) is 3.62. The molecule has 6 heteroatoms. The van der Waals surface area contributed by atoms with Crippen LogP contribution < -0.4 is 5.73 Å². The third-order valence-electron chi connectivity index (χ3n) is 2.20. The number of alkyl halides is 3. The largest absolute Gasteiger partial charge is 0.406 e. The van der Waals surface area contributed by atoms with Gasteiger partial charge in [-0.25, -0.2) is 0 Å². The highest BCUT2D eigenvalue weighted by Crippen LogP contribution is 2.17. The van der Waals surface area contributed by atoms with Crippen molar-refractivity contribution >= 4 is 5.91 Å². The molecule has 0 fully saturated rings. The van der Waals surface area contributed by atoms with Gasteiger partial charge >= 0.3 is 6.18 Å². The van der Waals surface area contributed by atoms with Gasteiger partial charge in [0.25, 0.3) is 0 Å². The van der Waals surface area contributed by atoms with E-state index in [1.54, 1.807) is 6.92 Å². The van der Waals surface area contributed by atoms with Gasteiger partial charge in [-0.2, -0.15) is 13.2 Å². The van der Waals surface area contributed by atoms with Crippen molar-refractivity contribution in [1.82, 2.24) is 4.90 Å². The first kappa shape index (κ1) is 15.2. The van der Waals surface area contributed by atoms with Crippen molar-refractivity contribution in [3.63, 3.8) is 0 Å². The molecule has 0 atom stereocenters. The first-order valence-corrected chi connectivity index (χ1v) is 5.45. The number of halogens is 3. The smallest absolute Gasteiger partial charge is 0.334 e. The van der Waals surface area contributed by atoms with Crippen LogP contribution in [0.15, 0.2) is 0 Å². The van der Waals surface area contributed by atoms with Gasteiger partial charge in [0.2, 0.25) is 5.91 Å². The first-order valence-electron chi connectivity index (χ1n) is 5.45. The number of hydrogen-bond acceptors (Lipinski definition) is 2. The van der Waals surface area contributed by atoms with Gasteiger partial charge in [-0.05, 0) is 26.3 Å². The fourth-order valence-corrected chi connectivity index (χ4v) is 1.35. The Labute approximate surface area is 93.8 Å². The molecule has 0 aliphatic heterocycles. The van der Waals surface area contributed by atoms with Gasteiger partial charge in [0.1, 0.15) is 6.54 Å². The minimum atomic E-state index is -4.32. The van der Waals surface area contributed by atoms with Crippen LogP contribution >= 0.6 is 0 Å². The number of carbonyl (C=O) groups is 1. The Bertz CT molecular complexity index is 207. The Morgan fingerprint density at radius 1 is 1.25 bits per heavy atom. The van der Waals surface area contributed by atoms with E-state index in [9.17, 15) is 18.0 Å². The van der Waals surface area contributed by atoms with Gasteiger partial charge in [-0.1, -0.05) is 6.42 Å². The van der Waals surface area contributed by atoms with E-state index in [0.717, 1.165) is 17.7 Å². The van der Waals surface area contributed by atoms with E-state index >= 15 is 0 Å². The predicted octanol–water partition coefficient (Wildman–Crippen LogP) is 1.92. The highest BCUT2D eigenvalue weighted by molar-refractivity contribution is 5.76. The Kier molecular flexibility index (Phi) is 7.12. The summed E-state index contributed by atoms with van der Waals surface area (Å²) in [5.74, 6) is -0.433. The van der Waals surface area contributed by atoms with Crippen molar-refractivity contribution in [1.29, 1.82) is 0 Å². The van der Waals surface area contributed by atoms with Crippen molar-refractivity contribution in [2.24, 2.45) is 5.73 Å². The lowest BCUT2D eigenvalue weighted by Gasteiger charge is -2.22. The summed E-state index contributed by atoms with van der Waals surface area (Å²) in [7, 11) is 0. The normalized spacial score (nSPS) is 11.6. The summed E-state index contributed by atoms with van der Waals surface area (Å²) in [6.07, 6.45) is -1.96. The molecule has 0 rings (SSSR count). The summed E-state index contributed by atoms with van der Waals surface area (Å²) in [5, 5.41) is 0. The number of unbranched alkanes of at least 4 members (excludes halogenated alkanes) is 2. The Morgan fingerprint density at radius 2 is 1.88 bits per heavy atom. The maximum atomic E-state index is 12.1. The lowest BCUT2D eigenvalue weighted by Crippen LogP contribution is -2.38. The molecule has 0 saturated heterocycles. The number of nitrogens with zero attached hydrogens (tertiary/aromatic N) is 1. The van der Waals surface area contributed by atoms with Crippen LogP contribution in [0.3, 0.4) is 0 Å². The molecule has 0 aliphatic rings. The standard InChI is InChI=1S/C10H19F3N2O/c1-2-15(8-10(11,12)13)9(16)6-4-3-5-7-14/h2-8,14H2,1H3. The van der Waals surface area contributed by atoms with Crippen molar-refractivity contribution in [3.05, 3.63) is 0 Å². The number of hydrogen-bond donors (Lipinski definition) is 1. The maximum absolute atomic E-state index is 12.1. The molecule has 0 aromatic heterocycles. The Balaban J connectivity index is 3.92. The van der Waals surface area contributed by atoms with Gasteiger partial charge in [0.05, 0.1) is 0 Å². The van der Waals surface area contributed by atoms with Crippen LogP contribution in [-0.4, -0.2) is 36.6 Å².